The van der Waals surface area contributed by atoms with E-state index in [4.69, 9.17) is 9.31 Å². The third-order valence-electron chi connectivity index (χ3n) is 3.88. The Kier molecular flexibility index (Phi) is 3.91. The van der Waals surface area contributed by atoms with E-state index in [2.05, 4.69) is 67.9 Å². The average molecular weight is 311 g/mol. The topological polar surface area (TPSA) is 18.5 Å². The normalized spacial score (nSPS) is 21.3. The summed E-state index contributed by atoms with van der Waals surface area (Å²) in [5.74, 6) is 0. The minimum Gasteiger partial charge on any atom is -0.403 e. The summed E-state index contributed by atoms with van der Waals surface area (Å²) < 4.78 is 13.1. The molecule has 1 aliphatic heterocycles. The molecule has 0 unspecified atom stereocenters. The van der Waals surface area contributed by atoms with Crippen LogP contribution in [0.1, 0.15) is 33.3 Å². The lowest BCUT2D eigenvalue weighted by atomic mass is 9.81. The van der Waals surface area contributed by atoms with Crippen LogP contribution < -0.4 is 0 Å². The Hall–Kier alpha value is -0.315. The van der Waals surface area contributed by atoms with Gasteiger partial charge in [-0.05, 0) is 58.1 Å². The molecule has 0 atom stereocenters. The molecule has 0 aromatic heterocycles. The molecule has 1 aromatic carbocycles. The first-order chi connectivity index (χ1) is 8.30. The molecule has 0 radical (unpaired) electrons. The zero-order valence-corrected chi connectivity index (χ0v) is 13.1. The van der Waals surface area contributed by atoms with Gasteiger partial charge in [-0.1, -0.05) is 28.1 Å². The molecule has 1 saturated heterocycles. The first-order valence-electron chi connectivity index (χ1n) is 6.40. The minimum absolute atomic E-state index is 0.0985. The Morgan fingerprint density at radius 2 is 1.50 bits per heavy atom. The summed E-state index contributed by atoms with van der Waals surface area (Å²) >= 11 is 3.44. The van der Waals surface area contributed by atoms with Crippen LogP contribution >= 0.6 is 15.9 Å². The van der Waals surface area contributed by atoms with Gasteiger partial charge >= 0.3 is 7.12 Å². The van der Waals surface area contributed by atoms with Crippen molar-refractivity contribution in [3.63, 3.8) is 0 Å². The SMILES string of the molecule is CC1(C)OB(CCc2ccc(Br)cc2)OC1(C)C. The van der Waals surface area contributed by atoms with Crippen LogP contribution in [0.2, 0.25) is 6.32 Å². The summed E-state index contributed by atoms with van der Waals surface area (Å²) in [6, 6.07) is 8.41. The Morgan fingerprint density at radius 1 is 1.00 bits per heavy atom. The molecule has 1 fully saturated rings. The van der Waals surface area contributed by atoms with Gasteiger partial charge in [-0.2, -0.15) is 0 Å². The molecule has 2 rings (SSSR count). The molecule has 2 nitrogen and oxygen atoms in total. The predicted molar refractivity (Wildman–Crippen MR) is 78.7 cm³/mol. The van der Waals surface area contributed by atoms with E-state index in [0.29, 0.717) is 0 Å². The second-order valence-electron chi connectivity index (χ2n) is 5.85. The standard InChI is InChI=1S/C14H20BBrO2/c1-13(2)14(3,4)18-15(17-13)10-9-11-5-7-12(16)8-6-11/h5-8H,9-10H2,1-4H3. The van der Waals surface area contributed by atoms with Gasteiger partial charge in [0, 0.05) is 4.47 Å². The smallest absolute Gasteiger partial charge is 0.403 e. The molecule has 0 bridgehead atoms. The summed E-state index contributed by atoms with van der Waals surface area (Å²) in [4.78, 5) is 0. The van der Waals surface area contributed by atoms with Gasteiger partial charge in [-0.3, -0.25) is 0 Å². The van der Waals surface area contributed by atoms with Gasteiger partial charge in [0.05, 0.1) is 11.2 Å². The first kappa shape index (κ1) is 14.1. The van der Waals surface area contributed by atoms with E-state index in [1.807, 2.05) is 0 Å². The molecule has 18 heavy (non-hydrogen) atoms. The van der Waals surface area contributed by atoms with Gasteiger partial charge in [0.25, 0.3) is 0 Å². The van der Waals surface area contributed by atoms with Crippen LogP contribution in [0.4, 0.5) is 0 Å². The maximum absolute atomic E-state index is 5.98. The zero-order valence-electron chi connectivity index (χ0n) is 11.5. The highest BCUT2D eigenvalue weighted by Gasteiger charge is 2.50. The number of rotatable bonds is 3. The molecule has 4 heteroatoms. The van der Waals surface area contributed by atoms with Crippen molar-refractivity contribution in [2.75, 3.05) is 0 Å². The van der Waals surface area contributed by atoms with Crippen LogP contribution in [-0.2, 0) is 15.7 Å². The van der Waals surface area contributed by atoms with Gasteiger partial charge in [0.1, 0.15) is 0 Å². The van der Waals surface area contributed by atoms with E-state index in [0.717, 1.165) is 17.2 Å². The summed E-state index contributed by atoms with van der Waals surface area (Å²) in [5.41, 5.74) is 0.863. The minimum atomic E-state index is -0.225. The summed E-state index contributed by atoms with van der Waals surface area (Å²) in [5, 5.41) is 0. The van der Waals surface area contributed by atoms with Crippen LogP contribution in [0.3, 0.4) is 0 Å². The first-order valence-corrected chi connectivity index (χ1v) is 7.19. The summed E-state index contributed by atoms with van der Waals surface area (Å²) in [6.07, 6.45) is 1.87. The van der Waals surface area contributed by atoms with Crippen molar-refractivity contribution in [3.05, 3.63) is 34.3 Å². The highest BCUT2D eigenvalue weighted by Crippen LogP contribution is 2.37. The van der Waals surface area contributed by atoms with Crippen molar-refractivity contribution in [2.24, 2.45) is 0 Å². The van der Waals surface area contributed by atoms with E-state index in [1.165, 1.54) is 5.56 Å². The molecule has 0 saturated carbocycles. The molecule has 0 amide bonds. The van der Waals surface area contributed by atoms with E-state index in [1.54, 1.807) is 0 Å². The maximum atomic E-state index is 5.98. The molecule has 1 heterocycles. The van der Waals surface area contributed by atoms with E-state index >= 15 is 0 Å². The predicted octanol–water partition coefficient (Wildman–Crippen LogP) is 4.08. The van der Waals surface area contributed by atoms with Gasteiger partial charge in [0.2, 0.25) is 0 Å². The van der Waals surface area contributed by atoms with Gasteiger partial charge < -0.3 is 9.31 Å². The van der Waals surface area contributed by atoms with E-state index in [-0.39, 0.29) is 18.3 Å². The second kappa shape index (κ2) is 4.99. The molecule has 1 aromatic rings. The number of benzene rings is 1. The lowest BCUT2D eigenvalue weighted by Gasteiger charge is -2.32. The lowest BCUT2D eigenvalue weighted by molar-refractivity contribution is 0.00578. The number of halogens is 1. The molecular weight excluding hydrogens is 291 g/mol. The maximum Gasteiger partial charge on any atom is 0.458 e. The Bertz CT molecular complexity index is 398. The van der Waals surface area contributed by atoms with Crippen molar-refractivity contribution in [3.8, 4) is 0 Å². The molecular formula is C14H20BBrO2. The molecule has 1 aliphatic rings. The third-order valence-corrected chi connectivity index (χ3v) is 4.41. The quantitative estimate of drug-likeness (QED) is 0.783. The van der Waals surface area contributed by atoms with Gasteiger partial charge in [-0.25, -0.2) is 0 Å². The Labute approximate surface area is 118 Å². The monoisotopic (exact) mass is 310 g/mol. The third kappa shape index (κ3) is 2.98. The van der Waals surface area contributed by atoms with Crippen molar-refractivity contribution in [1.29, 1.82) is 0 Å². The fourth-order valence-electron chi connectivity index (χ4n) is 2.02. The summed E-state index contributed by atoms with van der Waals surface area (Å²) in [6.45, 7) is 8.36. The highest BCUT2D eigenvalue weighted by atomic mass is 79.9. The molecule has 0 N–H and O–H groups in total. The largest absolute Gasteiger partial charge is 0.458 e. The van der Waals surface area contributed by atoms with Crippen molar-refractivity contribution in [2.45, 2.75) is 51.6 Å². The number of hydrogen-bond donors (Lipinski definition) is 0. The van der Waals surface area contributed by atoms with Crippen molar-refractivity contribution < 1.29 is 9.31 Å². The number of hydrogen-bond acceptors (Lipinski definition) is 2. The van der Waals surface area contributed by atoms with Crippen LogP contribution in [-0.4, -0.2) is 18.3 Å². The van der Waals surface area contributed by atoms with E-state index in [9.17, 15) is 0 Å². The van der Waals surface area contributed by atoms with Crippen LogP contribution in [0.25, 0.3) is 0 Å². The Balaban J connectivity index is 1.91. The highest BCUT2D eigenvalue weighted by molar-refractivity contribution is 9.10. The van der Waals surface area contributed by atoms with Crippen LogP contribution in [0, 0.1) is 0 Å². The zero-order chi connectivity index (χ0) is 13.4. The Morgan fingerprint density at radius 3 is 2.00 bits per heavy atom. The fraction of sp³-hybridized carbons (Fsp3) is 0.571. The fourth-order valence-corrected chi connectivity index (χ4v) is 2.28. The molecule has 98 valence electrons. The van der Waals surface area contributed by atoms with Crippen LogP contribution in [0.5, 0.6) is 0 Å². The van der Waals surface area contributed by atoms with Gasteiger partial charge in [0.15, 0.2) is 0 Å². The van der Waals surface area contributed by atoms with Crippen LogP contribution in [0.15, 0.2) is 28.7 Å². The summed E-state index contributed by atoms with van der Waals surface area (Å²) in [7, 11) is -0.0985. The lowest BCUT2D eigenvalue weighted by Crippen LogP contribution is -2.41. The van der Waals surface area contributed by atoms with Gasteiger partial charge in [-0.15, -0.1) is 0 Å². The van der Waals surface area contributed by atoms with E-state index < -0.39 is 0 Å². The van der Waals surface area contributed by atoms with Crippen molar-refractivity contribution in [1.82, 2.24) is 0 Å². The molecule has 0 spiro atoms. The average Bonchev–Trinajstić information content (AvgIpc) is 2.47. The molecule has 0 aliphatic carbocycles. The van der Waals surface area contributed by atoms with Crippen molar-refractivity contribution >= 4 is 23.0 Å². The number of aryl methyl sites for hydroxylation is 1. The second-order valence-corrected chi connectivity index (χ2v) is 6.77.